The lowest BCUT2D eigenvalue weighted by molar-refractivity contribution is -0.118. The number of ether oxygens (including phenoxy) is 1. The van der Waals surface area contributed by atoms with Crippen LogP contribution in [0.1, 0.15) is 36.5 Å². The molecule has 2 heterocycles. The number of carbonyl (C=O) groups excluding carboxylic acids is 1. The van der Waals surface area contributed by atoms with Crippen LogP contribution in [0.25, 0.3) is 10.2 Å². The second-order valence-electron chi connectivity index (χ2n) is 5.95. The monoisotopic (exact) mass is 367 g/mol. The Morgan fingerprint density at radius 2 is 2.04 bits per heavy atom. The number of aryl methyl sites for hydroxylation is 3. The first-order valence-electron chi connectivity index (χ1n) is 8.14. The van der Waals surface area contributed by atoms with Crippen LogP contribution in [0.4, 0.5) is 0 Å². The van der Waals surface area contributed by atoms with Crippen molar-refractivity contribution in [1.82, 2.24) is 15.3 Å². The number of rotatable bonds is 8. The fourth-order valence-corrected chi connectivity index (χ4v) is 4.32. The third kappa shape index (κ3) is 5.16. The second kappa shape index (κ2) is 8.78. The lowest BCUT2D eigenvalue weighted by Crippen LogP contribution is -2.27. The van der Waals surface area contributed by atoms with Gasteiger partial charge in [0.25, 0.3) is 0 Å². The van der Waals surface area contributed by atoms with Crippen LogP contribution in [-0.2, 0) is 9.53 Å². The molecule has 0 unspecified atom stereocenters. The minimum atomic E-state index is 0.0265. The van der Waals surface area contributed by atoms with E-state index in [9.17, 15) is 4.79 Å². The SMILES string of the molecule is Cc1nc(SCC(=O)NCCCOC(C)C)c2c(C)c(C)sc2n1. The van der Waals surface area contributed by atoms with Gasteiger partial charge in [-0.05, 0) is 46.6 Å². The number of nitrogens with zero attached hydrogens (tertiary/aromatic N) is 2. The van der Waals surface area contributed by atoms with Crippen molar-refractivity contribution in [1.29, 1.82) is 0 Å². The number of hydrogen-bond donors (Lipinski definition) is 1. The van der Waals surface area contributed by atoms with E-state index in [2.05, 4.69) is 29.1 Å². The van der Waals surface area contributed by atoms with Gasteiger partial charge in [-0.3, -0.25) is 4.79 Å². The fourth-order valence-electron chi connectivity index (χ4n) is 2.22. The number of fused-ring (bicyclic) bond motifs is 1. The maximum absolute atomic E-state index is 12.0. The number of carbonyl (C=O) groups is 1. The summed E-state index contributed by atoms with van der Waals surface area (Å²) in [5, 5.41) is 4.92. The van der Waals surface area contributed by atoms with Crippen molar-refractivity contribution in [3.8, 4) is 0 Å². The molecule has 0 spiro atoms. The number of thiophene rings is 1. The molecule has 0 aliphatic heterocycles. The summed E-state index contributed by atoms with van der Waals surface area (Å²) < 4.78 is 5.46. The molecule has 0 saturated carbocycles. The van der Waals surface area contributed by atoms with Crippen molar-refractivity contribution in [3.63, 3.8) is 0 Å². The molecule has 0 aromatic carbocycles. The molecule has 0 atom stereocenters. The molecule has 1 N–H and O–H groups in total. The Hall–Kier alpha value is -1.18. The van der Waals surface area contributed by atoms with E-state index in [0.29, 0.717) is 18.9 Å². The standard InChI is InChI=1S/C17H25N3O2S2/c1-10(2)22-8-6-7-18-14(21)9-23-16-15-11(3)12(4)24-17(15)20-13(5)19-16/h10H,6-9H2,1-5H3,(H,18,21). The van der Waals surface area contributed by atoms with Gasteiger partial charge in [-0.2, -0.15) is 0 Å². The Labute approximate surface area is 151 Å². The van der Waals surface area contributed by atoms with Crippen molar-refractivity contribution in [2.45, 2.75) is 52.2 Å². The summed E-state index contributed by atoms with van der Waals surface area (Å²) in [4.78, 5) is 23.3. The van der Waals surface area contributed by atoms with Gasteiger partial charge >= 0.3 is 0 Å². The number of nitrogens with one attached hydrogen (secondary N) is 1. The Morgan fingerprint density at radius 3 is 2.75 bits per heavy atom. The minimum Gasteiger partial charge on any atom is -0.379 e. The summed E-state index contributed by atoms with van der Waals surface area (Å²) in [5.41, 5.74) is 1.21. The highest BCUT2D eigenvalue weighted by Crippen LogP contribution is 2.34. The molecule has 2 aromatic rings. The van der Waals surface area contributed by atoms with Gasteiger partial charge in [0.1, 0.15) is 15.7 Å². The molecule has 0 aliphatic rings. The molecule has 0 fully saturated rings. The van der Waals surface area contributed by atoms with Crippen molar-refractivity contribution < 1.29 is 9.53 Å². The molecule has 5 nitrogen and oxygen atoms in total. The molecule has 0 saturated heterocycles. The molecule has 132 valence electrons. The van der Waals surface area contributed by atoms with Gasteiger partial charge in [0.15, 0.2) is 0 Å². The van der Waals surface area contributed by atoms with E-state index >= 15 is 0 Å². The molecular formula is C17H25N3O2S2. The number of thioether (sulfide) groups is 1. The fraction of sp³-hybridized carbons (Fsp3) is 0.588. The van der Waals surface area contributed by atoms with Crippen LogP contribution >= 0.6 is 23.1 Å². The van der Waals surface area contributed by atoms with Gasteiger partial charge in [0.05, 0.1) is 11.9 Å². The topological polar surface area (TPSA) is 64.1 Å². The lowest BCUT2D eigenvalue weighted by Gasteiger charge is -2.08. The van der Waals surface area contributed by atoms with E-state index in [1.165, 1.54) is 22.2 Å². The Morgan fingerprint density at radius 1 is 1.29 bits per heavy atom. The molecule has 0 aliphatic carbocycles. The maximum Gasteiger partial charge on any atom is 0.230 e. The Balaban J connectivity index is 1.90. The third-order valence-electron chi connectivity index (χ3n) is 3.54. The quantitative estimate of drug-likeness (QED) is 0.438. The highest BCUT2D eigenvalue weighted by atomic mass is 32.2. The zero-order valence-corrected chi connectivity index (χ0v) is 16.6. The zero-order chi connectivity index (χ0) is 17.7. The van der Waals surface area contributed by atoms with E-state index in [1.54, 1.807) is 11.3 Å². The molecule has 2 rings (SSSR count). The predicted octanol–water partition coefficient (Wildman–Crippen LogP) is 3.64. The minimum absolute atomic E-state index is 0.0265. The third-order valence-corrected chi connectivity index (χ3v) is 5.62. The van der Waals surface area contributed by atoms with E-state index in [4.69, 9.17) is 4.74 Å². The highest BCUT2D eigenvalue weighted by molar-refractivity contribution is 8.00. The van der Waals surface area contributed by atoms with Gasteiger partial charge in [-0.25, -0.2) is 9.97 Å². The Kier molecular flexibility index (Phi) is 7.01. The van der Waals surface area contributed by atoms with Gasteiger partial charge < -0.3 is 10.1 Å². The molecule has 24 heavy (non-hydrogen) atoms. The summed E-state index contributed by atoms with van der Waals surface area (Å²) in [6.45, 7) is 11.4. The lowest BCUT2D eigenvalue weighted by atomic mass is 10.2. The van der Waals surface area contributed by atoms with E-state index in [-0.39, 0.29) is 12.0 Å². The van der Waals surface area contributed by atoms with Crippen molar-refractivity contribution >= 4 is 39.2 Å². The summed E-state index contributed by atoms with van der Waals surface area (Å²) in [6, 6.07) is 0. The van der Waals surface area contributed by atoms with Crippen LogP contribution in [0.5, 0.6) is 0 Å². The number of hydrogen-bond acceptors (Lipinski definition) is 6. The second-order valence-corrected chi connectivity index (χ2v) is 8.12. The van der Waals surface area contributed by atoms with Crippen LogP contribution in [0.3, 0.4) is 0 Å². The molecule has 0 bridgehead atoms. The van der Waals surface area contributed by atoms with Crippen molar-refractivity contribution in [3.05, 3.63) is 16.3 Å². The average Bonchev–Trinajstić information content (AvgIpc) is 2.78. The zero-order valence-electron chi connectivity index (χ0n) is 14.9. The molecular weight excluding hydrogens is 342 g/mol. The summed E-state index contributed by atoms with van der Waals surface area (Å²) in [7, 11) is 0. The molecule has 2 aromatic heterocycles. The Bertz CT molecular complexity index is 713. The summed E-state index contributed by atoms with van der Waals surface area (Å²) in [6.07, 6.45) is 1.06. The first-order valence-corrected chi connectivity index (χ1v) is 9.94. The normalized spacial score (nSPS) is 11.4. The van der Waals surface area contributed by atoms with Crippen LogP contribution in [0.2, 0.25) is 0 Å². The van der Waals surface area contributed by atoms with Gasteiger partial charge in [0.2, 0.25) is 5.91 Å². The van der Waals surface area contributed by atoms with Crippen LogP contribution in [-0.4, -0.2) is 40.9 Å². The first kappa shape index (κ1) is 19.1. The van der Waals surface area contributed by atoms with Crippen LogP contribution < -0.4 is 5.32 Å². The van der Waals surface area contributed by atoms with E-state index < -0.39 is 0 Å². The number of amides is 1. The molecule has 0 radical (unpaired) electrons. The molecule has 1 amide bonds. The summed E-state index contributed by atoms with van der Waals surface area (Å²) >= 11 is 3.16. The van der Waals surface area contributed by atoms with Crippen LogP contribution in [0, 0.1) is 20.8 Å². The van der Waals surface area contributed by atoms with Crippen molar-refractivity contribution in [2.24, 2.45) is 0 Å². The number of aromatic nitrogens is 2. The maximum atomic E-state index is 12.0. The van der Waals surface area contributed by atoms with E-state index in [1.807, 2.05) is 20.8 Å². The van der Waals surface area contributed by atoms with E-state index in [0.717, 1.165) is 27.5 Å². The predicted molar refractivity (Wildman–Crippen MR) is 101 cm³/mol. The van der Waals surface area contributed by atoms with Gasteiger partial charge in [-0.1, -0.05) is 11.8 Å². The largest absolute Gasteiger partial charge is 0.379 e. The van der Waals surface area contributed by atoms with Crippen molar-refractivity contribution in [2.75, 3.05) is 18.9 Å². The first-order chi connectivity index (χ1) is 11.4. The average molecular weight is 368 g/mol. The van der Waals surface area contributed by atoms with Gasteiger partial charge in [0, 0.05) is 23.4 Å². The smallest absolute Gasteiger partial charge is 0.230 e. The molecule has 7 heteroatoms. The summed E-state index contributed by atoms with van der Waals surface area (Å²) in [5.74, 6) is 1.14. The van der Waals surface area contributed by atoms with Gasteiger partial charge in [-0.15, -0.1) is 11.3 Å². The van der Waals surface area contributed by atoms with Crippen LogP contribution in [0.15, 0.2) is 5.03 Å². The highest BCUT2D eigenvalue weighted by Gasteiger charge is 2.15.